The SMILES string of the molecule is CC[C@H]1OC(=O)[C@H](C)[C@@H](O[C@H]2C[C@@](C)(OC)[C@@H](OC(=O)CNC(=O)CCOCCNc3c(F)cc4c(c3OC)c(=O)c(C(=O)O)cn4C3CC3)[C@H](C)O2)[C@H](C)[C@@H](O[C@@H]2O[C@H](C)C[C@H](N(C)C)[C@H]2O)[C@](C)(O)C[C@@H](C)CN(C)[C@H](C)[C@H]2OC(=O)O[C@@]21C. The number of amides is 1. The summed E-state index contributed by atoms with van der Waals surface area (Å²) in [7, 11) is 8.29. The van der Waals surface area contributed by atoms with Gasteiger partial charge in [-0.25, -0.2) is 14.0 Å². The monoisotopic (exact) mass is 1220 g/mol. The fourth-order valence-corrected chi connectivity index (χ4v) is 13.1. The van der Waals surface area contributed by atoms with Crippen LogP contribution in [0.5, 0.6) is 5.75 Å². The lowest BCUT2D eigenvalue weighted by atomic mass is 9.77. The van der Waals surface area contributed by atoms with Crippen LogP contribution in [0, 0.1) is 23.6 Å². The van der Waals surface area contributed by atoms with Crippen molar-refractivity contribution < 1.29 is 95.8 Å². The van der Waals surface area contributed by atoms with Crippen molar-refractivity contribution in [2.24, 2.45) is 17.8 Å². The second-order valence-electron chi connectivity index (χ2n) is 25.1. The fourth-order valence-electron chi connectivity index (χ4n) is 13.1. The van der Waals surface area contributed by atoms with Crippen molar-refractivity contribution in [1.82, 2.24) is 19.7 Å². The van der Waals surface area contributed by atoms with Crippen LogP contribution in [0.4, 0.5) is 14.9 Å². The van der Waals surface area contributed by atoms with Gasteiger partial charge in [0.05, 0.1) is 67.2 Å². The molecular formula is C60H92FN5O20. The number of carboxylic acid groups (broad SMARTS) is 1. The van der Waals surface area contributed by atoms with Crippen LogP contribution in [-0.4, -0.2) is 218 Å². The number of methoxy groups -OCH3 is 2. The number of nitrogens with one attached hydrogen (secondary N) is 2. The summed E-state index contributed by atoms with van der Waals surface area (Å²) in [5.41, 5.74) is -5.56. The molecule has 1 aromatic heterocycles. The average molecular weight is 1220 g/mol. The summed E-state index contributed by atoms with van der Waals surface area (Å²) < 4.78 is 84.9. The third kappa shape index (κ3) is 15.1. The third-order valence-corrected chi connectivity index (χ3v) is 17.9. The summed E-state index contributed by atoms with van der Waals surface area (Å²) in [5.74, 6) is -6.57. The maximum Gasteiger partial charge on any atom is 0.509 e. The standard InChI is InChI=1S/C60H92FN5O20/c1-16-41-60(10)52(85-57(74)86-60)34(6)65(13)28-30(2)25-58(8,75)51(84-56-48(70)40(64(11)12)23-31(3)79-56)32(4)49(33(5)55(73)81-41)83-44-26-59(9,77-15)53(35(7)80-44)82-43(68)27-63-42(67)19-21-78-22-20-62-46-38(61)24-39-45(50(46)76-14)47(69)37(54(71)72)29-66(39)36-17-18-36/h24,29-36,40-41,44,48-49,51-53,56,62,70,75H,16-23,25-28H2,1-15H3,(H,63,67)(H,71,72)/t30-,31-,32+,33-,34-,35+,40+,41-,44+,48-,49+,51-,52-,53+,56+,58-,59-,60-/m1/s1. The van der Waals surface area contributed by atoms with Crippen LogP contribution in [0.3, 0.4) is 0 Å². The normalized spacial score (nSPS) is 35.8. The predicted molar refractivity (Wildman–Crippen MR) is 308 cm³/mol. The van der Waals surface area contributed by atoms with E-state index in [0.29, 0.717) is 13.0 Å². The Hall–Kier alpha value is -5.29. The van der Waals surface area contributed by atoms with E-state index in [2.05, 4.69) is 10.6 Å². The molecule has 1 saturated carbocycles. The molecule has 2 aromatic rings. The quantitative estimate of drug-likeness (QED) is 0.0678. The first-order valence-electron chi connectivity index (χ1n) is 29.9. The lowest BCUT2D eigenvalue weighted by Crippen LogP contribution is -2.61. The predicted octanol–water partition coefficient (Wildman–Crippen LogP) is 4.76. The number of carbonyl (C=O) groups is 5. The molecule has 0 unspecified atom stereocenters. The van der Waals surface area contributed by atoms with Gasteiger partial charge in [0.2, 0.25) is 11.3 Å². The Balaban J connectivity index is 1.02. The van der Waals surface area contributed by atoms with Gasteiger partial charge in [0, 0.05) is 69.3 Å². The Morgan fingerprint density at radius 2 is 1.65 bits per heavy atom. The highest BCUT2D eigenvalue weighted by Crippen LogP contribution is 2.44. The van der Waals surface area contributed by atoms with Crippen molar-refractivity contribution in [2.75, 3.05) is 73.5 Å². The molecule has 5 fully saturated rings. The molecule has 1 aromatic carbocycles. The van der Waals surface area contributed by atoms with Crippen LogP contribution in [-0.2, 0) is 61.8 Å². The Bertz CT molecular complexity index is 2800. The van der Waals surface area contributed by atoms with E-state index in [1.807, 2.05) is 58.6 Å². The number of hydrogen-bond donors (Lipinski definition) is 5. The highest BCUT2D eigenvalue weighted by molar-refractivity contribution is 5.97. The van der Waals surface area contributed by atoms with Crippen LogP contribution >= 0.6 is 0 Å². The van der Waals surface area contributed by atoms with Gasteiger partial charge < -0.3 is 87.5 Å². The molecule has 0 radical (unpaired) electrons. The lowest BCUT2D eigenvalue weighted by molar-refractivity contribution is -0.318. The van der Waals surface area contributed by atoms with E-state index in [1.54, 1.807) is 46.1 Å². The third-order valence-electron chi connectivity index (χ3n) is 17.9. The molecule has 5 heterocycles. The number of aliphatic hydroxyl groups excluding tert-OH is 1. The van der Waals surface area contributed by atoms with Gasteiger partial charge in [-0.05, 0) is 108 Å². The Morgan fingerprint density at radius 1 is 0.953 bits per heavy atom. The Labute approximate surface area is 502 Å². The topological polar surface area (TPSA) is 300 Å². The number of carboxylic acids is 1. The number of anilines is 1. The number of likely N-dealkylation sites (N-methyl/N-ethyl adjacent to an activating group) is 2. The number of carbonyl (C=O) groups excluding carboxylic acids is 4. The van der Waals surface area contributed by atoms with Crippen LogP contribution in [0.2, 0.25) is 0 Å². The number of esters is 2. The number of pyridine rings is 1. The molecule has 5 N–H and O–H groups in total. The minimum atomic E-state index is -1.67. The number of fused-ring (bicyclic) bond motifs is 2. The Morgan fingerprint density at radius 3 is 2.28 bits per heavy atom. The number of halogens is 1. The number of aromatic carboxylic acids is 1. The van der Waals surface area contributed by atoms with Crippen molar-refractivity contribution in [3.05, 3.63) is 33.9 Å². The van der Waals surface area contributed by atoms with E-state index in [4.69, 9.17) is 52.1 Å². The number of cyclic esters (lactones) is 1. The molecule has 0 bridgehead atoms. The number of nitrogens with zero attached hydrogens (tertiary/aromatic N) is 3. The molecule has 25 nitrogen and oxygen atoms in total. The van der Waals surface area contributed by atoms with Crippen LogP contribution in [0.1, 0.15) is 131 Å². The number of aromatic nitrogens is 1. The van der Waals surface area contributed by atoms with Crippen molar-refractivity contribution in [2.45, 2.75) is 211 Å². The minimum Gasteiger partial charge on any atom is -0.494 e. The molecule has 1 amide bonds. The molecule has 86 heavy (non-hydrogen) atoms. The van der Waals surface area contributed by atoms with Crippen molar-refractivity contribution in [3.63, 3.8) is 0 Å². The molecule has 484 valence electrons. The average Bonchev–Trinajstić information content (AvgIpc) is 1.29. The lowest BCUT2D eigenvalue weighted by Gasteiger charge is -2.49. The van der Waals surface area contributed by atoms with Crippen molar-refractivity contribution in [1.29, 1.82) is 0 Å². The van der Waals surface area contributed by atoms with E-state index >= 15 is 4.39 Å². The molecule has 18 atom stereocenters. The minimum absolute atomic E-state index is 0.0143. The van der Waals surface area contributed by atoms with E-state index < -0.39 is 143 Å². The molecule has 4 aliphatic heterocycles. The summed E-state index contributed by atoms with van der Waals surface area (Å²) in [6.45, 7) is 17.5. The van der Waals surface area contributed by atoms with Crippen LogP contribution in [0.15, 0.2) is 17.1 Å². The maximum absolute atomic E-state index is 15.6. The Kier molecular flexibility index (Phi) is 22.2. The molecular weight excluding hydrogens is 1130 g/mol. The van der Waals surface area contributed by atoms with Gasteiger partial charge in [0.25, 0.3) is 0 Å². The summed E-state index contributed by atoms with van der Waals surface area (Å²) in [6.07, 6.45) is -7.37. The van der Waals surface area contributed by atoms with Crippen LogP contribution in [0.25, 0.3) is 10.9 Å². The van der Waals surface area contributed by atoms with Gasteiger partial charge in [-0.3, -0.25) is 24.1 Å². The summed E-state index contributed by atoms with van der Waals surface area (Å²) in [5, 5.41) is 39.7. The first-order valence-corrected chi connectivity index (χ1v) is 29.9. The van der Waals surface area contributed by atoms with E-state index in [-0.39, 0.29) is 91.9 Å². The zero-order valence-electron chi connectivity index (χ0n) is 52.4. The van der Waals surface area contributed by atoms with Gasteiger partial charge in [0.1, 0.15) is 35.6 Å². The van der Waals surface area contributed by atoms with E-state index in [1.165, 1.54) is 26.5 Å². The first kappa shape index (κ1) is 68.2. The second kappa shape index (κ2) is 28.0. The van der Waals surface area contributed by atoms with Crippen molar-refractivity contribution >= 4 is 46.6 Å². The zero-order chi connectivity index (χ0) is 63.5. The summed E-state index contributed by atoms with van der Waals surface area (Å²) in [4.78, 5) is 83.4. The van der Waals surface area contributed by atoms with Crippen molar-refractivity contribution in [3.8, 4) is 5.75 Å². The summed E-state index contributed by atoms with van der Waals surface area (Å²) in [6, 6.07) is 0.321. The molecule has 4 saturated heterocycles. The van der Waals surface area contributed by atoms with Gasteiger partial charge >= 0.3 is 24.1 Å². The largest absolute Gasteiger partial charge is 0.509 e. The number of ether oxygens (including phenoxy) is 11. The van der Waals surface area contributed by atoms with E-state index in [9.17, 15) is 44.1 Å². The van der Waals surface area contributed by atoms with Gasteiger partial charge in [-0.1, -0.05) is 20.8 Å². The van der Waals surface area contributed by atoms with E-state index in [0.717, 1.165) is 12.8 Å². The zero-order valence-corrected chi connectivity index (χ0v) is 52.4. The first-order chi connectivity index (χ1) is 40.4. The van der Waals surface area contributed by atoms with Gasteiger partial charge in [-0.15, -0.1) is 0 Å². The summed E-state index contributed by atoms with van der Waals surface area (Å²) >= 11 is 0. The molecule has 26 heteroatoms. The molecule has 0 spiro atoms. The highest BCUT2D eigenvalue weighted by Gasteiger charge is 2.59. The fraction of sp³-hybridized carbons (Fsp3) is 0.767. The molecule has 7 rings (SSSR count). The number of hydrogen-bond acceptors (Lipinski definition) is 22. The van der Waals surface area contributed by atoms with Gasteiger partial charge in [-0.2, -0.15) is 0 Å². The maximum atomic E-state index is 15.6. The molecule has 1 aliphatic carbocycles. The molecule has 5 aliphatic rings. The second-order valence-corrected chi connectivity index (χ2v) is 25.1. The highest BCUT2D eigenvalue weighted by atomic mass is 19.1. The van der Waals surface area contributed by atoms with Gasteiger partial charge in [0.15, 0.2) is 42.0 Å². The number of aliphatic hydroxyl groups is 2. The number of rotatable bonds is 20. The number of benzene rings is 1. The van der Waals surface area contributed by atoms with Crippen LogP contribution < -0.4 is 20.8 Å². The smallest absolute Gasteiger partial charge is 0.494 e.